The van der Waals surface area contributed by atoms with Crippen molar-refractivity contribution in [1.29, 1.82) is 0 Å². The summed E-state index contributed by atoms with van der Waals surface area (Å²) in [6.07, 6.45) is 0.661. The smallest absolute Gasteiger partial charge is 0.310 e. The molecule has 0 amide bonds. The van der Waals surface area contributed by atoms with Gasteiger partial charge in [0.2, 0.25) is 0 Å². The topological polar surface area (TPSA) is 47.6 Å². The Labute approximate surface area is 101 Å². The van der Waals surface area contributed by atoms with E-state index in [4.69, 9.17) is 9.47 Å². The fourth-order valence-electron chi connectivity index (χ4n) is 1.90. The van der Waals surface area contributed by atoms with Crippen molar-refractivity contribution in [1.82, 2.24) is 5.32 Å². The third-order valence-corrected chi connectivity index (χ3v) is 2.93. The van der Waals surface area contributed by atoms with E-state index in [2.05, 4.69) is 5.32 Å². The molecule has 1 aromatic carbocycles. The molecular formula is C13H17NO3. The van der Waals surface area contributed by atoms with Gasteiger partial charge in [-0.2, -0.15) is 0 Å². The van der Waals surface area contributed by atoms with Gasteiger partial charge in [0.15, 0.2) is 0 Å². The second-order valence-electron chi connectivity index (χ2n) is 4.16. The fraction of sp³-hybridized carbons (Fsp3) is 0.462. The van der Waals surface area contributed by atoms with Crippen LogP contribution in [0.1, 0.15) is 12.0 Å². The van der Waals surface area contributed by atoms with E-state index in [1.54, 1.807) is 7.11 Å². The molecule has 17 heavy (non-hydrogen) atoms. The van der Waals surface area contributed by atoms with Gasteiger partial charge in [-0.3, -0.25) is 10.1 Å². The van der Waals surface area contributed by atoms with E-state index < -0.39 is 0 Å². The molecule has 0 spiro atoms. The van der Waals surface area contributed by atoms with E-state index in [1.807, 2.05) is 30.3 Å². The molecule has 0 saturated carbocycles. The van der Waals surface area contributed by atoms with Crippen molar-refractivity contribution in [3.63, 3.8) is 0 Å². The molecule has 4 nitrogen and oxygen atoms in total. The molecule has 4 heteroatoms. The van der Waals surface area contributed by atoms with Crippen molar-refractivity contribution in [2.75, 3.05) is 13.7 Å². The highest BCUT2D eigenvalue weighted by Gasteiger charge is 2.30. The van der Waals surface area contributed by atoms with Crippen LogP contribution in [0.2, 0.25) is 0 Å². The largest absolute Gasteiger partial charge is 0.461 e. The molecule has 1 saturated heterocycles. The predicted molar refractivity (Wildman–Crippen MR) is 63.1 cm³/mol. The van der Waals surface area contributed by atoms with Crippen molar-refractivity contribution in [3.05, 3.63) is 35.9 Å². The lowest BCUT2D eigenvalue weighted by molar-refractivity contribution is -0.149. The molecule has 1 aromatic rings. The van der Waals surface area contributed by atoms with Crippen LogP contribution in [0.15, 0.2) is 30.3 Å². The summed E-state index contributed by atoms with van der Waals surface area (Å²) in [4.78, 5) is 11.8. The molecule has 0 aliphatic carbocycles. The third-order valence-electron chi connectivity index (χ3n) is 2.93. The Bertz CT molecular complexity index is 366. The molecule has 0 bridgehead atoms. The number of ether oxygens (including phenoxy) is 2. The van der Waals surface area contributed by atoms with Crippen LogP contribution < -0.4 is 5.32 Å². The van der Waals surface area contributed by atoms with Crippen molar-refractivity contribution in [2.24, 2.45) is 5.92 Å². The predicted octanol–water partition coefficient (Wildman–Crippen LogP) is 1.31. The molecule has 1 N–H and O–H groups in total. The van der Waals surface area contributed by atoms with Crippen LogP contribution in [0.25, 0.3) is 0 Å². The summed E-state index contributed by atoms with van der Waals surface area (Å²) >= 11 is 0. The Hall–Kier alpha value is -1.39. The zero-order chi connectivity index (χ0) is 12.1. The first-order valence-electron chi connectivity index (χ1n) is 5.76. The summed E-state index contributed by atoms with van der Waals surface area (Å²) < 4.78 is 10.4. The fourth-order valence-corrected chi connectivity index (χ4v) is 1.90. The number of hydrogen-bond donors (Lipinski definition) is 1. The number of carbonyl (C=O) groups excluding carboxylic acids is 1. The number of rotatable bonds is 4. The van der Waals surface area contributed by atoms with Crippen LogP contribution in [-0.2, 0) is 20.9 Å². The third kappa shape index (κ3) is 3.28. The lowest BCUT2D eigenvalue weighted by Crippen LogP contribution is -2.23. The molecule has 0 aromatic heterocycles. The lowest BCUT2D eigenvalue weighted by atomic mass is 10.1. The van der Waals surface area contributed by atoms with Gasteiger partial charge < -0.3 is 9.47 Å². The minimum Gasteiger partial charge on any atom is -0.461 e. The van der Waals surface area contributed by atoms with E-state index in [0.717, 1.165) is 5.56 Å². The molecule has 1 heterocycles. The van der Waals surface area contributed by atoms with E-state index in [1.165, 1.54) is 0 Å². The van der Waals surface area contributed by atoms with Gasteiger partial charge in [0.05, 0.1) is 5.92 Å². The summed E-state index contributed by atoms with van der Waals surface area (Å²) in [5, 5.41) is 3.11. The molecule has 92 valence electrons. The van der Waals surface area contributed by atoms with Crippen molar-refractivity contribution < 1.29 is 14.3 Å². The zero-order valence-corrected chi connectivity index (χ0v) is 9.89. The second kappa shape index (κ2) is 5.80. The number of methoxy groups -OCH3 is 1. The van der Waals surface area contributed by atoms with E-state index in [-0.39, 0.29) is 18.1 Å². The van der Waals surface area contributed by atoms with Gasteiger partial charge in [0.25, 0.3) is 0 Å². The Balaban J connectivity index is 1.78. The van der Waals surface area contributed by atoms with Crippen LogP contribution >= 0.6 is 0 Å². The van der Waals surface area contributed by atoms with Crippen molar-refractivity contribution >= 4 is 5.97 Å². The monoisotopic (exact) mass is 235 g/mol. The van der Waals surface area contributed by atoms with Gasteiger partial charge in [0, 0.05) is 20.1 Å². The van der Waals surface area contributed by atoms with Crippen LogP contribution in [0.4, 0.5) is 0 Å². The average molecular weight is 235 g/mol. The highest BCUT2D eigenvalue weighted by molar-refractivity contribution is 5.73. The number of nitrogens with one attached hydrogen (secondary N) is 1. The Morgan fingerprint density at radius 2 is 2.18 bits per heavy atom. The Morgan fingerprint density at radius 3 is 2.82 bits per heavy atom. The first-order chi connectivity index (χ1) is 8.29. The number of benzene rings is 1. The summed E-state index contributed by atoms with van der Waals surface area (Å²) in [5.41, 5.74) is 1.01. The normalized spacial score (nSPS) is 23.6. The van der Waals surface area contributed by atoms with Gasteiger partial charge in [-0.1, -0.05) is 30.3 Å². The highest BCUT2D eigenvalue weighted by atomic mass is 16.5. The molecule has 2 atom stereocenters. The Kier molecular flexibility index (Phi) is 4.12. The van der Waals surface area contributed by atoms with Crippen molar-refractivity contribution in [2.45, 2.75) is 19.3 Å². The molecule has 1 aliphatic rings. The average Bonchev–Trinajstić information content (AvgIpc) is 2.86. The molecular weight excluding hydrogens is 218 g/mol. The van der Waals surface area contributed by atoms with Gasteiger partial charge in [-0.15, -0.1) is 0 Å². The van der Waals surface area contributed by atoms with E-state index in [0.29, 0.717) is 19.6 Å². The number of esters is 1. The van der Waals surface area contributed by atoms with Crippen LogP contribution in [0.3, 0.4) is 0 Å². The maximum Gasteiger partial charge on any atom is 0.310 e. The SMILES string of the molecule is COC1CC(C(=O)OCc2ccccc2)CN1. The van der Waals surface area contributed by atoms with Crippen LogP contribution in [0.5, 0.6) is 0 Å². The summed E-state index contributed by atoms with van der Waals surface area (Å²) in [7, 11) is 1.63. The van der Waals surface area contributed by atoms with Gasteiger partial charge >= 0.3 is 5.97 Å². The molecule has 2 unspecified atom stereocenters. The summed E-state index contributed by atoms with van der Waals surface area (Å²) in [6, 6.07) is 9.69. The first-order valence-corrected chi connectivity index (χ1v) is 5.76. The lowest BCUT2D eigenvalue weighted by Gasteiger charge is -2.09. The molecule has 1 fully saturated rings. The molecule has 2 rings (SSSR count). The van der Waals surface area contributed by atoms with Gasteiger partial charge in [0.1, 0.15) is 12.8 Å². The summed E-state index contributed by atoms with van der Waals surface area (Å²) in [5.74, 6) is -0.246. The standard InChI is InChI=1S/C13H17NO3/c1-16-12-7-11(8-14-12)13(15)17-9-10-5-3-2-4-6-10/h2-6,11-12,14H,7-9H2,1H3. The number of carbonyl (C=O) groups is 1. The highest BCUT2D eigenvalue weighted by Crippen LogP contribution is 2.16. The molecule has 1 aliphatic heterocycles. The minimum absolute atomic E-state index is 0.0238. The zero-order valence-electron chi connectivity index (χ0n) is 9.89. The maximum atomic E-state index is 11.8. The van der Waals surface area contributed by atoms with Gasteiger partial charge in [-0.05, 0) is 5.56 Å². The van der Waals surface area contributed by atoms with Crippen molar-refractivity contribution in [3.8, 4) is 0 Å². The maximum absolute atomic E-state index is 11.8. The van der Waals surface area contributed by atoms with Gasteiger partial charge in [-0.25, -0.2) is 0 Å². The van der Waals surface area contributed by atoms with Crippen LogP contribution in [0, 0.1) is 5.92 Å². The second-order valence-corrected chi connectivity index (χ2v) is 4.16. The minimum atomic E-state index is -0.152. The Morgan fingerprint density at radius 1 is 1.41 bits per heavy atom. The molecule has 0 radical (unpaired) electrons. The van der Waals surface area contributed by atoms with E-state index >= 15 is 0 Å². The first kappa shape index (κ1) is 12.1. The summed E-state index contributed by atoms with van der Waals surface area (Å²) in [6.45, 7) is 0.972. The van der Waals surface area contributed by atoms with Crippen LogP contribution in [-0.4, -0.2) is 25.9 Å². The quantitative estimate of drug-likeness (QED) is 0.799. The van der Waals surface area contributed by atoms with E-state index in [9.17, 15) is 4.79 Å². The number of hydrogen-bond acceptors (Lipinski definition) is 4.